The molecule has 3 atom stereocenters. The van der Waals surface area contributed by atoms with Gasteiger partial charge in [-0.3, -0.25) is 0 Å². The van der Waals surface area contributed by atoms with Gasteiger partial charge in [-0.25, -0.2) is 0 Å². The van der Waals surface area contributed by atoms with Gasteiger partial charge >= 0.3 is 0 Å². The second-order valence-electron chi connectivity index (χ2n) is 6.98. The zero-order valence-corrected chi connectivity index (χ0v) is 15.8. The van der Waals surface area contributed by atoms with Crippen molar-refractivity contribution >= 4 is 24.7 Å². The third kappa shape index (κ3) is 3.10. The number of allylic oxidation sites excluding steroid dienone is 5. The Kier molecular flexibility index (Phi) is 4.61. The van der Waals surface area contributed by atoms with Gasteiger partial charge in [-0.2, -0.15) is 0 Å². The largest absolute Gasteiger partial charge is 0.512 e. The van der Waals surface area contributed by atoms with Crippen molar-refractivity contribution in [1.82, 2.24) is 0 Å². The van der Waals surface area contributed by atoms with Crippen molar-refractivity contribution in [3.8, 4) is 5.75 Å². The number of aliphatic hydroxyl groups is 1. The topological polar surface area (TPSA) is 40.5 Å². The fourth-order valence-corrected chi connectivity index (χ4v) is 6.50. The number of phenolic OH excluding ortho intramolecular Hbond substituents is 1. The minimum atomic E-state index is 0.0989. The molecule has 4 rings (SSSR count). The van der Waals surface area contributed by atoms with Crippen molar-refractivity contribution < 1.29 is 10.2 Å². The van der Waals surface area contributed by atoms with E-state index in [4.69, 9.17) is 0 Å². The highest BCUT2D eigenvalue weighted by molar-refractivity contribution is 14.2. The highest BCUT2D eigenvalue weighted by Crippen LogP contribution is 2.51. The van der Waals surface area contributed by atoms with Gasteiger partial charge in [-0.1, -0.05) is 54.1 Å². The molecule has 0 aromatic heterocycles. The molecular weight excluding hydrogens is 411 g/mol. The van der Waals surface area contributed by atoms with Crippen LogP contribution in [-0.2, 0) is 0 Å². The molecule has 1 saturated carbocycles. The number of phenols is 1. The van der Waals surface area contributed by atoms with Crippen molar-refractivity contribution in [3.63, 3.8) is 0 Å². The lowest BCUT2D eigenvalue weighted by Crippen LogP contribution is -2.29. The summed E-state index contributed by atoms with van der Waals surface area (Å²) in [5, 5.41) is 19.6. The molecule has 1 heterocycles. The number of benzene rings is 1. The van der Waals surface area contributed by atoms with Gasteiger partial charge in [-0.15, -0.1) is 0 Å². The van der Waals surface area contributed by atoms with E-state index in [0.717, 1.165) is 19.3 Å². The molecule has 3 aliphatic rings. The highest BCUT2D eigenvalue weighted by Gasteiger charge is 2.38. The molecule has 2 N–H and O–H groups in total. The van der Waals surface area contributed by atoms with Crippen molar-refractivity contribution in [2.75, 3.05) is 0 Å². The third-order valence-corrected chi connectivity index (χ3v) is 7.83. The summed E-state index contributed by atoms with van der Waals surface area (Å²) in [5.74, 6) is 2.34. The summed E-state index contributed by atoms with van der Waals surface area (Å²) in [6.07, 6.45) is 9.60. The summed E-state index contributed by atoms with van der Waals surface area (Å²) >= 11 is 0.0989. The van der Waals surface area contributed by atoms with Crippen LogP contribution in [-0.4, -0.2) is 14.2 Å². The molecule has 1 aromatic rings. The van der Waals surface area contributed by atoms with Gasteiger partial charge in [-0.05, 0) is 65.4 Å². The summed E-state index contributed by atoms with van der Waals surface area (Å²) in [4.78, 5) is 0. The minimum absolute atomic E-state index is 0.0989. The molecule has 24 heavy (non-hydrogen) atoms. The Morgan fingerprint density at radius 1 is 1.00 bits per heavy atom. The lowest BCUT2D eigenvalue weighted by molar-refractivity contribution is 0.296. The molecule has 2 aliphatic carbocycles. The Bertz CT molecular complexity index is 740. The van der Waals surface area contributed by atoms with E-state index in [2.05, 4.69) is 26.3 Å². The van der Waals surface area contributed by atoms with Crippen molar-refractivity contribution in [2.45, 2.75) is 38.0 Å². The van der Waals surface area contributed by atoms with Crippen LogP contribution >= 0.6 is 20.7 Å². The van der Waals surface area contributed by atoms with Crippen LogP contribution in [0.25, 0.3) is 0 Å². The Morgan fingerprint density at radius 2 is 1.83 bits per heavy atom. The molecule has 1 fully saturated rings. The summed E-state index contributed by atoms with van der Waals surface area (Å²) in [6.45, 7) is 0. The Morgan fingerprint density at radius 3 is 2.58 bits per heavy atom. The zero-order valence-electron chi connectivity index (χ0n) is 13.7. The van der Waals surface area contributed by atoms with Gasteiger partial charge in [0.15, 0.2) is 0 Å². The number of halogens is 1. The maximum atomic E-state index is 9.93. The number of aliphatic hydroxyl groups excluding tert-OH is 1. The molecule has 126 valence electrons. The number of aromatic hydroxyl groups is 1. The van der Waals surface area contributed by atoms with Crippen LogP contribution in [0.5, 0.6) is 5.75 Å². The van der Waals surface area contributed by atoms with E-state index in [9.17, 15) is 10.2 Å². The lowest BCUT2D eigenvalue weighted by Gasteiger charge is -2.42. The van der Waals surface area contributed by atoms with Crippen molar-refractivity contribution in [1.29, 1.82) is 0 Å². The molecule has 0 radical (unpaired) electrons. The third-order valence-electron chi connectivity index (χ3n) is 5.54. The molecule has 1 aromatic carbocycles. The first-order valence-electron chi connectivity index (χ1n) is 8.73. The summed E-state index contributed by atoms with van der Waals surface area (Å²) in [7, 11) is 0. The van der Waals surface area contributed by atoms with Crippen molar-refractivity contribution in [3.05, 3.63) is 63.0 Å². The predicted octanol–water partition coefficient (Wildman–Crippen LogP) is 5.72. The Labute approximate surface area is 153 Å². The molecular formula is C21H23IO2. The minimum Gasteiger partial charge on any atom is -0.512 e. The molecule has 2 nitrogen and oxygen atoms in total. The van der Waals surface area contributed by atoms with Gasteiger partial charge in [0.25, 0.3) is 0 Å². The monoisotopic (exact) mass is 434 g/mol. The van der Waals surface area contributed by atoms with Crippen LogP contribution < -0.4 is 0 Å². The molecule has 1 aliphatic heterocycles. The first-order valence-corrected chi connectivity index (χ1v) is 11.2. The molecule has 1 unspecified atom stereocenters. The Balaban J connectivity index is 1.76. The predicted molar refractivity (Wildman–Crippen MR) is 108 cm³/mol. The summed E-state index contributed by atoms with van der Waals surface area (Å²) in [6, 6.07) is 7.81. The quantitative estimate of drug-likeness (QED) is 0.585. The van der Waals surface area contributed by atoms with Gasteiger partial charge in [0, 0.05) is 12.3 Å². The second-order valence-corrected chi connectivity index (χ2v) is 9.20. The standard InChI is InChI=1S/C21H23IO2/c23-17-6-3-14(4-7-17)19-9-5-15-12-18(24)8-10-20(15)21(19)16-2-1-11-22-13-16/h3-4,6-8,10-11,13,15,19,21,23-24H,1-2,5,9,12H2/t15?,19-,21+/m1/s1. The van der Waals surface area contributed by atoms with Crippen LogP contribution in [0, 0.1) is 11.8 Å². The summed E-state index contributed by atoms with van der Waals surface area (Å²) in [5.41, 5.74) is 4.48. The fraction of sp³-hybridized carbons (Fsp3) is 0.381. The molecule has 0 bridgehead atoms. The van der Waals surface area contributed by atoms with Crippen LogP contribution in [0.4, 0.5) is 0 Å². The second kappa shape index (κ2) is 6.87. The van der Waals surface area contributed by atoms with Gasteiger partial charge in [0.1, 0.15) is 5.75 Å². The summed E-state index contributed by atoms with van der Waals surface area (Å²) < 4.78 is 5.00. The van der Waals surface area contributed by atoms with E-state index in [1.807, 2.05) is 18.2 Å². The molecule has 0 spiro atoms. The van der Waals surface area contributed by atoms with E-state index in [-0.39, 0.29) is 20.7 Å². The Hall–Kier alpha value is -1.36. The zero-order chi connectivity index (χ0) is 16.5. The van der Waals surface area contributed by atoms with E-state index < -0.39 is 0 Å². The normalized spacial score (nSPS) is 29.7. The first-order chi connectivity index (χ1) is 11.7. The average molecular weight is 434 g/mol. The number of fused-ring (bicyclic) bond motifs is 1. The smallest absolute Gasteiger partial charge is 0.115 e. The van der Waals surface area contributed by atoms with E-state index in [0.29, 0.717) is 29.3 Å². The maximum Gasteiger partial charge on any atom is 0.115 e. The van der Waals surface area contributed by atoms with Crippen LogP contribution in [0.2, 0.25) is 0 Å². The fourth-order valence-electron chi connectivity index (χ4n) is 4.41. The molecule has 0 amide bonds. The van der Waals surface area contributed by atoms with Gasteiger partial charge < -0.3 is 10.2 Å². The van der Waals surface area contributed by atoms with Crippen LogP contribution in [0.3, 0.4) is 0 Å². The van der Waals surface area contributed by atoms with Crippen LogP contribution in [0.15, 0.2) is 57.4 Å². The van der Waals surface area contributed by atoms with E-state index >= 15 is 0 Å². The van der Waals surface area contributed by atoms with Gasteiger partial charge in [0.2, 0.25) is 0 Å². The van der Waals surface area contributed by atoms with Crippen LogP contribution in [0.1, 0.15) is 43.6 Å². The first kappa shape index (κ1) is 16.1. The van der Waals surface area contributed by atoms with E-state index in [1.165, 1.54) is 24.0 Å². The SMILES string of the molecule is OC1=CC=C2C(CC[C@H](c3ccc(O)cc3)[C@@H]2C2=CI=CCC2)C1. The van der Waals surface area contributed by atoms with E-state index in [1.54, 1.807) is 5.57 Å². The lowest BCUT2D eigenvalue weighted by atomic mass is 9.63. The molecule has 0 saturated heterocycles. The number of hydrogen-bond donors (Lipinski definition) is 2. The average Bonchev–Trinajstić information content (AvgIpc) is 2.62. The number of rotatable bonds is 2. The van der Waals surface area contributed by atoms with Crippen molar-refractivity contribution in [2.24, 2.45) is 11.8 Å². The highest BCUT2D eigenvalue weighted by atomic mass is 127. The molecule has 3 heteroatoms. The maximum absolute atomic E-state index is 9.93. The van der Waals surface area contributed by atoms with Gasteiger partial charge in [0.05, 0.1) is 5.76 Å². The number of hydrogen-bond acceptors (Lipinski definition) is 2.